The van der Waals surface area contributed by atoms with Crippen molar-refractivity contribution in [3.63, 3.8) is 0 Å². The lowest BCUT2D eigenvalue weighted by Gasteiger charge is -2.10. The number of ether oxygens (including phenoxy) is 1. The summed E-state index contributed by atoms with van der Waals surface area (Å²) in [5.41, 5.74) is 1.96. The standard InChI is InChI=1S/C16H14Cl2N4O/c17-13-5-4-12(15(18)7-13)9-23-14-3-1-2-11(6-14)8-19-16-20-10-21-22-16/h1-7,10H,8-9H2,(H2,19,20,21,22). The fourth-order valence-corrected chi connectivity index (χ4v) is 2.48. The zero-order valence-corrected chi connectivity index (χ0v) is 13.6. The highest BCUT2D eigenvalue weighted by molar-refractivity contribution is 6.35. The van der Waals surface area contributed by atoms with Crippen LogP contribution in [0, 0.1) is 0 Å². The predicted octanol–water partition coefficient (Wildman–Crippen LogP) is 4.30. The molecule has 2 aromatic carbocycles. The molecule has 3 aromatic rings. The Morgan fingerprint density at radius 1 is 1.13 bits per heavy atom. The number of halogens is 2. The maximum Gasteiger partial charge on any atom is 0.218 e. The van der Waals surface area contributed by atoms with E-state index in [-0.39, 0.29) is 0 Å². The Balaban J connectivity index is 1.60. The van der Waals surface area contributed by atoms with Gasteiger partial charge < -0.3 is 10.1 Å². The van der Waals surface area contributed by atoms with Gasteiger partial charge in [0.05, 0.1) is 0 Å². The molecule has 0 radical (unpaired) electrons. The molecule has 7 heteroatoms. The molecular formula is C16H14Cl2N4O. The monoisotopic (exact) mass is 348 g/mol. The highest BCUT2D eigenvalue weighted by Crippen LogP contribution is 2.23. The zero-order chi connectivity index (χ0) is 16.1. The van der Waals surface area contributed by atoms with Crippen LogP contribution < -0.4 is 10.1 Å². The van der Waals surface area contributed by atoms with Crippen molar-refractivity contribution >= 4 is 29.2 Å². The summed E-state index contributed by atoms with van der Waals surface area (Å²) in [4.78, 5) is 4.01. The van der Waals surface area contributed by atoms with E-state index in [1.165, 1.54) is 6.33 Å². The highest BCUT2D eigenvalue weighted by Gasteiger charge is 2.04. The van der Waals surface area contributed by atoms with Crippen molar-refractivity contribution in [2.45, 2.75) is 13.2 Å². The first-order chi connectivity index (χ1) is 11.2. The highest BCUT2D eigenvalue weighted by atomic mass is 35.5. The molecule has 0 atom stereocenters. The average Bonchev–Trinajstić information content (AvgIpc) is 3.06. The lowest BCUT2D eigenvalue weighted by molar-refractivity contribution is 0.306. The number of hydrogen-bond acceptors (Lipinski definition) is 4. The second-order valence-corrected chi connectivity index (χ2v) is 5.70. The lowest BCUT2D eigenvalue weighted by Crippen LogP contribution is -2.02. The van der Waals surface area contributed by atoms with Crippen LogP contribution in [0.1, 0.15) is 11.1 Å². The lowest BCUT2D eigenvalue weighted by atomic mass is 10.2. The summed E-state index contributed by atoms with van der Waals surface area (Å²) in [7, 11) is 0. The fourth-order valence-electron chi connectivity index (χ4n) is 2.02. The second-order valence-electron chi connectivity index (χ2n) is 4.86. The van der Waals surface area contributed by atoms with Gasteiger partial charge in [-0.3, -0.25) is 0 Å². The van der Waals surface area contributed by atoms with E-state index < -0.39 is 0 Å². The Morgan fingerprint density at radius 3 is 2.83 bits per heavy atom. The summed E-state index contributed by atoms with van der Waals surface area (Å²) in [6.45, 7) is 1.00. The Morgan fingerprint density at radius 2 is 2.04 bits per heavy atom. The molecule has 0 saturated carbocycles. The van der Waals surface area contributed by atoms with E-state index in [2.05, 4.69) is 20.5 Å². The third kappa shape index (κ3) is 4.37. The average molecular weight is 349 g/mol. The van der Waals surface area contributed by atoms with Gasteiger partial charge in [-0.2, -0.15) is 5.10 Å². The van der Waals surface area contributed by atoms with E-state index in [1.54, 1.807) is 12.1 Å². The fraction of sp³-hybridized carbons (Fsp3) is 0.125. The van der Waals surface area contributed by atoms with E-state index >= 15 is 0 Å². The van der Waals surface area contributed by atoms with Crippen LogP contribution in [0.15, 0.2) is 48.8 Å². The summed E-state index contributed by atoms with van der Waals surface area (Å²) in [5, 5.41) is 10.9. The van der Waals surface area contributed by atoms with Gasteiger partial charge in [0.2, 0.25) is 5.95 Å². The molecule has 2 N–H and O–H groups in total. The number of aromatic nitrogens is 3. The molecule has 23 heavy (non-hydrogen) atoms. The third-order valence-corrected chi connectivity index (χ3v) is 3.77. The quantitative estimate of drug-likeness (QED) is 0.696. The normalized spacial score (nSPS) is 10.5. The number of anilines is 1. The van der Waals surface area contributed by atoms with Gasteiger partial charge in [0.1, 0.15) is 18.7 Å². The van der Waals surface area contributed by atoms with Gasteiger partial charge in [0, 0.05) is 22.2 Å². The van der Waals surface area contributed by atoms with Crippen LogP contribution >= 0.6 is 23.2 Å². The van der Waals surface area contributed by atoms with Crippen molar-refractivity contribution in [1.82, 2.24) is 15.2 Å². The number of nitrogens with zero attached hydrogens (tertiary/aromatic N) is 2. The Kier molecular flexibility index (Phi) is 5.00. The largest absolute Gasteiger partial charge is 0.489 e. The molecule has 0 aliphatic heterocycles. The van der Waals surface area contributed by atoms with E-state index in [1.807, 2.05) is 30.3 Å². The molecule has 118 valence electrons. The van der Waals surface area contributed by atoms with Crippen LogP contribution in [-0.2, 0) is 13.2 Å². The van der Waals surface area contributed by atoms with Gasteiger partial charge in [-0.15, -0.1) is 0 Å². The molecule has 0 saturated heterocycles. The number of H-pyrrole nitrogens is 1. The molecule has 0 spiro atoms. The molecule has 0 aliphatic rings. The second kappa shape index (κ2) is 7.35. The van der Waals surface area contributed by atoms with Crippen LogP contribution in [0.4, 0.5) is 5.95 Å². The smallest absolute Gasteiger partial charge is 0.218 e. The number of aromatic amines is 1. The van der Waals surface area contributed by atoms with Gasteiger partial charge in [-0.1, -0.05) is 41.4 Å². The summed E-state index contributed by atoms with van der Waals surface area (Å²) in [6.07, 6.45) is 1.46. The minimum Gasteiger partial charge on any atom is -0.489 e. The number of nitrogens with one attached hydrogen (secondary N) is 2. The predicted molar refractivity (Wildman–Crippen MR) is 90.9 cm³/mol. The van der Waals surface area contributed by atoms with Crippen molar-refractivity contribution in [2.75, 3.05) is 5.32 Å². The first kappa shape index (κ1) is 15.6. The molecule has 1 aromatic heterocycles. The van der Waals surface area contributed by atoms with E-state index in [9.17, 15) is 0 Å². The molecular weight excluding hydrogens is 335 g/mol. The summed E-state index contributed by atoms with van der Waals surface area (Å²) < 4.78 is 5.80. The van der Waals surface area contributed by atoms with Crippen LogP contribution in [0.3, 0.4) is 0 Å². The van der Waals surface area contributed by atoms with Crippen LogP contribution in [-0.4, -0.2) is 15.2 Å². The Hall–Kier alpha value is -2.24. The van der Waals surface area contributed by atoms with Crippen molar-refractivity contribution in [1.29, 1.82) is 0 Å². The first-order valence-electron chi connectivity index (χ1n) is 6.95. The van der Waals surface area contributed by atoms with E-state index in [0.717, 1.165) is 16.9 Å². The number of hydrogen-bond donors (Lipinski definition) is 2. The third-order valence-electron chi connectivity index (χ3n) is 3.18. The summed E-state index contributed by atoms with van der Waals surface area (Å²) in [5.74, 6) is 1.40. The van der Waals surface area contributed by atoms with Gasteiger partial charge in [-0.25, -0.2) is 10.1 Å². The molecule has 5 nitrogen and oxygen atoms in total. The number of benzene rings is 2. The van der Waals surface area contributed by atoms with Crippen molar-refractivity contribution in [3.8, 4) is 5.75 Å². The van der Waals surface area contributed by atoms with Crippen LogP contribution in [0.5, 0.6) is 5.75 Å². The van der Waals surface area contributed by atoms with Gasteiger partial charge in [0.25, 0.3) is 0 Å². The maximum atomic E-state index is 6.14. The van der Waals surface area contributed by atoms with Crippen molar-refractivity contribution in [3.05, 3.63) is 70.0 Å². The molecule has 1 heterocycles. The van der Waals surface area contributed by atoms with E-state index in [4.69, 9.17) is 27.9 Å². The van der Waals surface area contributed by atoms with Gasteiger partial charge in [-0.05, 0) is 29.8 Å². The van der Waals surface area contributed by atoms with Crippen LogP contribution in [0.25, 0.3) is 0 Å². The van der Waals surface area contributed by atoms with Crippen molar-refractivity contribution < 1.29 is 4.74 Å². The Bertz CT molecular complexity index is 778. The van der Waals surface area contributed by atoms with Gasteiger partial charge >= 0.3 is 0 Å². The number of rotatable bonds is 6. The molecule has 0 aliphatic carbocycles. The zero-order valence-electron chi connectivity index (χ0n) is 12.1. The van der Waals surface area contributed by atoms with Crippen molar-refractivity contribution in [2.24, 2.45) is 0 Å². The maximum absolute atomic E-state index is 6.14. The summed E-state index contributed by atoms with van der Waals surface area (Å²) >= 11 is 12.0. The van der Waals surface area contributed by atoms with Crippen LogP contribution in [0.2, 0.25) is 10.0 Å². The van der Waals surface area contributed by atoms with E-state index in [0.29, 0.717) is 29.1 Å². The topological polar surface area (TPSA) is 62.8 Å². The minimum absolute atomic E-state index is 0.384. The molecule has 3 rings (SSSR count). The Labute approximate surface area is 143 Å². The summed E-state index contributed by atoms with van der Waals surface area (Å²) in [6, 6.07) is 13.2. The molecule has 0 amide bonds. The minimum atomic E-state index is 0.384. The molecule has 0 fully saturated rings. The van der Waals surface area contributed by atoms with Gasteiger partial charge in [0.15, 0.2) is 0 Å². The first-order valence-corrected chi connectivity index (χ1v) is 7.71. The molecule has 0 bridgehead atoms. The molecule has 0 unspecified atom stereocenters. The SMILES string of the molecule is Clc1ccc(COc2cccc(CNc3ncn[nH]3)c2)c(Cl)c1.